The van der Waals surface area contributed by atoms with E-state index in [9.17, 15) is 4.79 Å². The summed E-state index contributed by atoms with van der Waals surface area (Å²) in [5.74, 6) is 1.43. The molecule has 0 saturated heterocycles. The molecule has 4 aromatic carbocycles. The van der Waals surface area contributed by atoms with Crippen LogP contribution in [-0.2, 0) is 0 Å². The van der Waals surface area contributed by atoms with Gasteiger partial charge in [-0.15, -0.1) is 0 Å². The van der Waals surface area contributed by atoms with Gasteiger partial charge in [-0.05, 0) is 78.9 Å². The zero-order valence-corrected chi connectivity index (χ0v) is 18.0. The van der Waals surface area contributed by atoms with Crippen molar-refractivity contribution in [1.82, 2.24) is 0 Å². The van der Waals surface area contributed by atoms with Gasteiger partial charge >= 0.3 is 0 Å². The molecule has 0 aromatic heterocycles. The predicted molar refractivity (Wildman–Crippen MR) is 123 cm³/mol. The van der Waals surface area contributed by atoms with Crippen LogP contribution in [0.4, 0.5) is 0 Å². The Labute approximate surface area is 189 Å². The van der Waals surface area contributed by atoms with Gasteiger partial charge in [0.15, 0.2) is 5.78 Å². The van der Waals surface area contributed by atoms with Gasteiger partial charge in [0, 0.05) is 25.9 Å². The van der Waals surface area contributed by atoms with E-state index < -0.39 is 0 Å². The van der Waals surface area contributed by atoms with Crippen LogP contribution in [0.25, 0.3) is 0 Å². The number of carbonyl (C=O) groups excluding carboxylic acids is 1. The van der Waals surface area contributed by atoms with E-state index in [0.29, 0.717) is 21.2 Å². The molecule has 0 atom stereocenters. The predicted octanol–water partition coefficient (Wildman–Crippen LogP) is 8.17. The largest absolute Gasteiger partial charge is 0.457 e. The first-order valence-electron chi connectivity index (χ1n) is 9.19. The van der Waals surface area contributed by atoms with Gasteiger partial charge in [0.2, 0.25) is 0 Å². The van der Waals surface area contributed by atoms with Gasteiger partial charge in [0.05, 0.1) is 5.02 Å². The summed E-state index contributed by atoms with van der Waals surface area (Å²) in [6, 6.07) is 29.9. The lowest BCUT2D eigenvalue weighted by Gasteiger charge is -2.08. The number of halogens is 2. The van der Waals surface area contributed by atoms with E-state index in [1.165, 1.54) is 0 Å². The van der Waals surface area contributed by atoms with Crippen LogP contribution in [0.1, 0.15) is 15.9 Å². The SMILES string of the molecule is O=C(c1ccc(Sc2ccc(Oc3ccccc3)cc2)cc1)c1cc(Cl)ccc1Cl. The van der Waals surface area contributed by atoms with Crippen molar-refractivity contribution in [2.24, 2.45) is 0 Å². The second kappa shape index (κ2) is 9.40. The number of rotatable bonds is 6. The van der Waals surface area contributed by atoms with Gasteiger partial charge in [-0.25, -0.2) is 0 Å². The van der Waals surface area contributed by atoms with Crippen molar-refractivity contribution in [3.8, 4) is 11.5 Å². The molecule has 0 N–H and O–H groups in total. The summed E-state index contributed by atoms with van der Waals surface area (Å²) >= 11 is 13.8. The van der Waals surface area contributed by atoms with Gasteiger partial charge in [0.25, 0.3) is 0 Å². The Balaban J connectivity index is 1.43. The topological polar surface area (TPSA) is 26.3 Å². The van der Waals surface area contributed by atoms with Crippen molar-refractivity contribution in [2.75, 3.05) is 0 Å². The number of hydrogen-bond acceptors (Lipinski definition) is 3. The van der Waals surface area contributed by atoms with E-state index in [2.05, 4.69) is 0 Å². The molecule has 0 radical (unpaired) electrons. The van der Waals surface area contributed by atoms with E-state index >= 15 is 0 Å². The molecule has 0 amide bonds. The minimum atomic E-state index is -0.151. The van der Waals surface area contributed by atoms with Crippen molar-refractivity contribution in [3.05, 3.63) is 118 Å². The lowest BCUT2D eigenvalue weighted by atomic mass is 10.0. The second-order valence-electron chi connectivity index (χ2n) is 6.47. The summed E-state index contributed by atoms with van der Waals surface area (Å²) in [7, 11) is 0. The maximum Gasteiger partial charge on any atom is 0.194 e. The standard InChI is InChI=1S/C25H16Cl2O2S/c26-18-8-15-24(27)23(16-18)25(28)17-6-11-21(12-7-17)30-22-13-9-20(10-14-22)29-19-4-2-1-3-5-19/h1-16H. The molecule has 0 aliphatic rings. The molecule has 0 bridgehead atoms. The van der Waals surface area contributed by atoms with Gasteiger partial charge in [0.1, 0.15) is 11.5 Å². The van der Waals surface area contributed by atoms with Crippen molar-refractivity contribution >= 4 is 40.7 Å². The number of carbonyl (C=O) groups is 1. The fourth-order valence-electron chi connectivity index (χ4n) is 2.84. The van der Waals surface area contributed by atoms with E-state index in [1.807, 2.05) is 66.7 Å². The van der Waals surface area contributed by atoms with E-state index in [-0.39, 0.29) is 5.78 Å². The van der Waals surface area contributed by atoms with E-state index in [0.717, 1.165) is 21.3 Å². The molecule has 4 rings (SSSR count). The van der Waals surface area contributed by atoms with Crippen molar-refractivity contribution < 1.29 is 9.53 Å². The molecule has 0 aliphatic carbocycles. The van der Waals surface area contributed by atoms with Crippen molar-refractivity contribution in [2.45, 2.75) is 9.79 Å². The number of para-hydroxylation sites is 1. The zero-order chi connectivity index (χ0) is 20.9. The zero-order valence-electron chi connectivity index (χ0n) is 15.7. The van der Waals surface area contributed by atoms with Gasteiger partial charge in [-0.2, -0.15) is 0 Å². The monoisotopic (exact) mass is 450 g/mol. The fraction of sp³-hybridized carbons (Fsp3) is 0. The minimum absolute atomic E-state index is 0.151. The number of ether oxygens (including phenoxy) is 1. The maximum absolute atomic E-state index is 12.7. The molecule has 0 spiro atoms. The lowest BCUT2D eigenvalue weighted by molar-refractivity contribution is 0.103. The molecule has 30 heavy (non-hydrogen) atoms. The molecule has 0 heterocycles. The fourth-order valence-corrected chi connectivity index (χ4v) is 4.03. The average molecular weight is 451 g/mol. The lowest BCUT2D eigenvalue weighted by Crippen LogP contribution is -2.02. The van der Waals surface area contributed by atoms with Crippen LogP contribution in [0.3, 0.4) is 0 Å². The summed E-state index contributed by atoms with van der Waals surface area (Å²) in [6.07, 6.45) is 0. The first kappa shape index (κ1) is 20.5. The molecule has 0 unspecified atom stereocenters. The molecule has 4 aromatic rings. The number of ketones is 1. The number of benzene rings is 4. The molecule has 5 heteroatoms. The van der Waals surface area contributed by atoms with Crippen molar-refractivity contribution in [3.63, 3.8) is 0 Å². The smallest absolute Gasteiger partial charge is 0.194 e. The Morgan fingerprint density at radius 3 is 1.97 bits per heavy atom. The summed E-state index contributed by atoms with van der Waals surface area (Å²) in [4.78, 5) is 14.8. The Morgan fingerprint density at radius 1 is 0.700 bits per heavy atom. The highest BCUT2D eigenvalue weighted by Crippen LogP contribution is 2.31. The molecule has 148 valence electrons. The van der Waals surface area contributed by atoms with Gasteiger partial charge in [-0.3, -0.25) is 4.79 Å². The Bertz CT molecular complexity index is 1160. The minimum Gasteiger partial charge on any atom is -0.457 e. The molecule has 2 nitrogen and oxygen atoms in total. The summed E-state index contributed by atoms with van der Waals surface area (Å²) in [5, 5.41) is 0.871. The second-order valence-corrected chi connectivity index (χ2v) is 8.46. The Morgan fingerprint density at radius 2 is 1.30 bits per heavy atom. The summed E-state index contributed by atoms with van der Waals surface area (Å²) in [6.45, 7) is 0. The van der Waals surface area contributed by atoms with Crippen LogP contribution < -0.4 is 4.74 Å². The van der Waals surface area contributed by atoms with Crippen LogP contribution in [0.5, 0.6) is 11.5 Å². The first-order chi connectivity index (χ1) is 14.6. The van der Waals surface area contributed by atoms with Crippen molar-refractivity contribution in [1.29, 1.82) is 0 Å². The summed E-state index contributed by atoms with van der Waals surface area (Å²) in [5.41, 5.74) is 0.966. The molecular weight excluding hydrogens is 435 g/mol. The average Bonchev–Trinajstić information content (AvgIpc) is 2.77. The first-order valence-corrected chi connectivity index (χ1v) is 10.8. The quantitative estimate of drug-likeness (QED) is 0.277. The maximum atomic E-state index is 12.7. The van der Waals surface area contributed by atoms with Crippen LogP contribution in [0.15, 0.2) is 107 Å². The Hall–Kier alpha value is -2.72. The third-order valence-corrected chi connectivity index (χ3v) is 5.91. The summed E-state index contributed by atoms with van der Waals surface area (Å²) < 4.78 is 5.82. The third-order valence-electron chi connectivity index (χ3n) is 4.33. The molecular formula is C25H16Cl2O2S. The normalized spacial score (nSPS) is 10.6. The van der Waals surface area contributed by atoms with E-state index in [4.69, 9.17) is 27.9 Å². The van der Waals surface area contributed by atoms with Crippen LogP contribution in [0, 0.1) is 0 Å². The Kier molecular flexibility index (Phi) is 6.44. The third kappa shape index (κ3) is 5.06. The van der Waals surface area contributed by atoms with Gasteiger partial charge in [-0.1, -0.05) is 53.2 Å². The van der Waals surface area contributed by atoms with Crippen LogP contribution >= 0.6 is 35.0 Å². The molecule has 0 saturated carbocycles. The van der Waals surface area contributed by atoms with Gasteiger partial charge < -0.3 is 4.74 Å². The van der Waals surface area contributed by atoms with Crippen LogP contribution in [0.2, 0.25) is 10.0 Å². The van der Waals surface area contributed by atoms with Crippen LogP contribution in [-0.4, -0.2) is 5.78 Å². The van der Waals surface area contributed by atoms with E-state index in [1.54, 1.807) is 42.1 Å². The highest BCUT2D eigenvalue weighted by atomic mass is 35.5. The molecule has 0 aliphatic heterocycles. The number of hydrogen-bond donors (Lipinski definition) is 0. The highest BCUT2D eigenvalue weighted by Gasteiger charge is 2.13. The highest BCUT2D eigenvalue weighted by molar-refractivity contribution is 7.99. The molecule has 0 fully saturated rings.